The molecule has 98 valence electrons. The standard InChI is InChI=1S/C15H15ClN2O/c1-17-10-12-5-2-3-8-14(12)18-15(19)11-6-4-7-13(16)9-11/h2-9,17H,10H2,1H3,(H,18,19). The first kappa shape index (κ1) is 13.6. The van der Waals surface area contributed by atoms with Crippen LogP contribution in [0.25, 0.3) is 0 Å². The van der Waals surface area contributed by atoms with E-state index in [0.29, 0.717) is 17.1 Å². The average Bonchev–Trinajstić information content (AvgIpc) is 2.41. The summed E-state index contributed by atoms with van der Waals surface area (Å²) in [5.74, 6) is -0.161. The van der Waals surface area contributed by atoms with Crippen LogP contribution in [0.3, 0.4) is 0 Å². The van der Waals surface area contributed by atoms with Crippen LogP contribution >= 0.6 is 11.6 Å². The average molecular weight is 275 g/mol. The van der Waals surface area contributed by atoms with E-state index in [2.05, 4.69) is 10.6 Å². The third kappa shape index (κ3) is 3.56. The van der Waals surface area contributed by atoms with Crippen LogP contribution in [-0.2, 0) is 6.54 Å². The normalized spacial score (nSPS) is 10.2. The van der Waals surface area contributed by atoms with Gasteiger partial charge in [-0.3, -0.25) is 4.79 Å². The molecule has 0 bridgehead atoms. The predicted molar refractivity (Wildman–Crippen MR) is 78.6 cm³/mol. The van der Waals surface area contributed by atoms with Gasteiger partial charge in [-0.2, -0.15) is 0 Å². The molecule has 2 aromatic rings. The summed E-state index contributed by atoms with van der Waals surface area (Å²) < 4.78 is 0. The molecular weight excluding hydrogens is 260 g/mol. The number of rotatable bonds is 4. The zero-order chi connectivity index (χ0) is 13.7. The molecule has 0 aliphatic heterocycles. The van der Waals surface area contributed by atoms with Crippen LogP contribution in [0.1, 0.15) is 15.9 Å². The highest BCUT2D eigenvalue weighted by atomic mass is 35.5. The minimum absolute atomic E-state index is 0.161. The smallest absolute Gasteiger partial charge is 0.255 e. The van der Waals surface area contributed by atoms with E-state index in [-0.39, 0.29) is 5.91 Å². The van der Waals surface area contributed by atoms with Gasteiger partial charge in [-0.1, -0.05) is 35.9 Å². The lowest BCUT2D eigenvalue weighted by Gasteiger charge is -2.10. The zero-order valence-corrected chi connectivity index (χ0v) is 11.4. The highest BCUT2D eigenvalue weighted by Gasteiger charge is 2.08. The number of anilines is 1. The summed E-state index contributed by atoms with van der Waals surface area (Å²) in [5, 5.41) is 6.53. The first-order chi connectivity index (χ1) is 9.20. The van der Waals surface area contributed by atoms with Crippen LogP contribution in [-0.4, -0.2) is 13.0 Å². The number of para-hydroxylation sites is 1. The molecule has 0 heterocycles. The van der Waals surface area contributed by atoms with E-state index in [9.17, 15) is 4.79 Å². The summed E-state index contributed by atoms with van der Waals surface area (Å²) in [4.78, 5) is 12.1. The van der Waals surface area contributed by atoms with Crippen molar-refractivity contribution in [1.82, 2.24) is 5.32 Å². The topological polar surface area (TPSA) is 41.1 Å². The zero-order valence-electron chi connectivity index (χ0n) is 10.6. The first-order valence-electron chi connectivity index (χ1n) is 6.00. The van der Waals surface area contributed by atoms with E-state index in [1.54, 1.807) is 24.3 Å². The molecule has 1 amide bonds. The van der Waals surface area contributed by atoms with E-state index < -0.39 is 0 Å². The van der Waals surface area contributed by atoms with Gasteiger partial charge in [0.15, 0.2) is 0 Å². The minimum atomic E-state index is -0.161. The fourth-order valence-electron chi connectivity index (χ4n) is 1.81. The number of amides is 1. The molecule has 2 rings (SSSR count). The summed E-state index contributed by atoms with van der Waals surface area (Å²) in [5.41, 5.74) is 2.40. The van der Waals surface area contributed by atoms with Crippen molar-refractivity contribution in [3.05, 3.63) is 64.7 Å². The Morgan fingerprint density at radius 1 is 1.16 bits per heavy atom. The van der Waals surface area contributed by atoms with Gasteiger partial charge in [0.05, 0.1) is 0 Å². The quantitative estimate of drug-likeness (QED) is 0.898. The Bertz CT molecular complexity index is 584. The van der Waals surface area contributed by atoms with E-state index in [0.717, 1.165) is 11.3 Å². The van der Waals surface area contributed by atoms with Crippen molar-refractivity contribution < 1.29 is 4.79 Å². The maximum absolute atomic E-state index is 12.1. The molecule has 0 atom stereocenters. The van der Waals surface area contributed by atoms with Crippen LogP contribution in [0, 0.1) is 0 Å². The van der Waals surface area contributed by atoms with E-state index in [1.165, 1.54) is 0 Å². The summed E-state index contributed by atoms with van der Waals surface area (Å²) in [6.07, 6.45) is 0. The lowest BCUT2D eigenvalue weighted by molar-refractivity contribution is 0.102. The van der Waals surface area contributed by atoms with Crippen LogP contribution in [0.15, 0.2) is 48.5 Å². The Labute approximate surface area is 117 Å². The van der Waals surface area contributed by atoms with Gasteiger partial charge in [-0.15, -0.1) is 0 Å². The molecule has 0 aliphatic rings. The van der Waals surface area contributed by atoms with Crippen molar-refractivity contribution in [3.63, 3.8) is 0 Å². The van der Waals surface area contributed by atoms with E-state index in [1.807, 2.05) is 31.3 Å². The van der Waals surface area contributed by atoms with Crippen LogP contribution in [0.5, 0.6) is 0 Å². The maximum Gasteiger partial charge on any atom is 0.255 e. The molecule has 2 aromatic carbocycles. The summed E-state index contributed by atoms with van der Waals surface area (Å²) in [6.45, 7) is 0.700. The van der Waals surface area contributed by atoms with Crippen LogP contribution < -0.4 is 10.6 Å². The van der Waals surface area contributed by atoms with Gasteiger partial charge in [-0.05, 0) is 36.9 Å². The van der Waals surface area contributed by atoms with Gasteiger partial charge in [0.2, 0.25) is 0 Å². The third-order valence-electron chi connectivity index (χ3n) is 2.72. The van der Waals surface area contributed by atoms with Crippen molar-refractivity contribution in [2.24, 2.45) is 0 Å². The number of hydrogen-bond acceptors (Lipinski definition) is 2. The number of carbonyl (C=O) groups is 1. The molecule has 19 heavy (non-hydrogen) atoms. The predicted octanol–water partition coefficient (Wildman–Crippen LogP) is 3.31. The van der Waals surface area contributed by atoms with E-state index >= 15 is 0 Å². The number of hydrogen-bond donors (Lipinski definition) is 2. The molecule has 0 saturated carbocycles. The van der Waals surface area contributed by atoms with Crippen molar-refractivity contribution in [3.8, 4) is 0 Å². The van der Waals surface area contributed by atoms with Crippen LogP contribution in [0.4, 0.5) is 5.69 Å². The molecule has 3 nitrogen and oxygen atoms in total. The lowest BCUT2D eigenvalue weighted by atomic mass is 10.1. The Morgan fingerprint density at radius 3 is 2.68 bits per heavy atom. The van der Waals surface area contributed by atoms with Gasteiger partial charge < -0.3 is 10.6 Å². The van der Waals surface area contributed by atoms with Crippen molar-refractivity contribution in [2.45, 2.75) is 6.54 Å². The molecule has 0 aliphatic carbocycles. The Hall–Kier alpha value is -1.84. The summed E-state index contributed by atoms with van der Waals surface area (Å²) >= 11 is 5.88. The van der Waals surface area contributed by atoms with Crippen molar-refractivity contribution in [2.75, 3.05) is 12.4 Å². The van der Waals surface area contributed by atoms with Crippen molar-refractivity contribution >= 4 is 23.2 Å². The van der Waals surface area contributed by atoms with E-state index in [4.69, 9.17) is 11.6 Å². The second-order valence-electron chi connectivity index (χ2n) is 4.15. The molecule has 2 N–H and O–H groups in total. The number of halogens is 1. The molecule has 0 radical (unpaired) electrons. The highest BCUT2D eigenvalue weighted by Crippen LogP contribution is 2.17. The molecular formula is C15H15ClN2O. The maximum atomic E-state index is 12.1. The minimum Gasteiger partial charge on any atom is -0.322 e. The SMILES string of the molecule is CNCc1ccccc1NC(=O)c1cccc(Cl)c1. The molecule has 0 spiro atoms. The molecule has 0 fully saturated rings. The third-order valence-corrected chi connectivity index (χ3v) is 2.95. The van der Waals surface area contributed by atoms with Gasteiger partial charge in [0.1, 0.15) is 0 Å². The summed E-state index contributed by atoms with van der Waals surface area (Å²) in [7, 11) is 1.87. The van der Waals surface area contributed by atoms with Gasteiger partial charge in [0.25, 0.3) is 5.91 Å². The van der Waals surface area contributed by atoms with Gasteiger partial charge in [0, 0.05) is 22.8 Å². The Kier molecular flexibility index (Phi) is 4.55. The fraction of sp³-hybridized carbons (Fsp3) is 0.133. The fourth-order valence-corrected chi connectivity index (χ4v) is 2.00. The van der Waals surface area contributed by atoms with Crippen molar-refractivity contribution in [1.29, 1.82) is 0 Å². The highest BCUT2D eigenvalue weighted by molar-refractivity contribution is 6.31. The Morgan fingerprint density at radius 2 is 1.95 bits per heavy atom. The van der Waals surface area contributed by atoms with Crippen LogP contribution in [0.2, 0.25) is 5.02 Å². The first-order valence-corrected chi connectivity index (χ1v) is 6.38. The second-order valence-corrected chi connectivity index (χ2v) is 4.59. The monoisotopic (exact) mass is 274 g/mol. The Balaban J connectivity index is 2.19. The summed E-state index contributed by atoms with van der Waals surface area (Å²) in [6, 6.07) is 14.6. The molecule has 0 unspecified atom stereocenters. The second kappa shape index (κ2) is 6.36. The molecule has 0 aromatic heterocycles. The van der Waals surface area contributed by atoms with Gasteiger partial charge >= 0.3 is 0 Å². The van der Waals surface area contributed by atoms with Gasteiger partial charge in [-0.25, -0.2) is 0 Å². The number of carbonyl (C=O) groups excluding carboxylic acids is 1. The number of nitrogens with one attached hydrogen (secondary N) is 2. The molecule has 4 heteroatoms. The largest absolute Gasteiger partial charge is 0.322 e. The lowest BCUT2D eigenvalue weighted by Crippen LogP contribution is -2.15. The molecule has 0 saturated heterocycles. The number of benzene rings is 2.